The van der Waals surface area contributed by atoms with E-state index in [4.69, 9.17) is 28.4 Å². The molecular weight excluding hydrogens is 655 g/mol. The van der Waals surface area contributed by atoms with Gasteiger partial charge in [0.1, 0.15) is 11.5 Å². The van der Waals surface area contributed by atoms with Gasteiger partial charge in [0.2, 0.25) is 0 Å². The molecule has 43 heavy (non-hydrogen) atoms. The Labute approximate surface area is 271 Å². The maximum absolute atomic E-state index is 6.73. The second kappa shape index (κ2) is 16.8. The fourth-order valence-electron chi connectivity index (χ4n) is 5.46. The van der Waals surface area contributed by atoms with Crippen molar-refractivity contribution in [3.63, 3.8) is 0 Å². The van der Waals surface area contributed by atoms with Gasteiger partial charge in [-0.05, 0) is 86.9 Å². The molecule has 6 nitrogen and oxygen atoms in total. The minimum Gasteiger partial charge on any atom is -0.497 e. The lowest BCUT2D eigenvalue weighted by Gasteiger charge is -2.33. The lowest BCUT2D eigenvalue weighted by Crippen LogP contribution is -2.38. The summed E-state index contributed by atoms with van der Waals surface area (Å²) in [5.74, 6) is 1.69. The van der Waals surface area contributed by atoms with Crippen molar-refractivity contribution in [2.45, 2.75) is 89.2 Å². The van der Waals surface area contributed by atoms with Crippen LogP contribution in [0.2, 0.25) is 0 Å². The van der Waals surface area contributed by atoms with Gasteiger partial charge in [-0.15, -0.1) is 0 Å². The summed E-state index contributed by atoms with van der Waals surface area (Å²) in [4.78, 5) is 0. The molecule has 4 atom stereocenters. The van der Waals surface area contributed by atoms with Crippen LogP contribution in [0.15, 0.2) is 78.9 Å². The Hall–Kier alpha value is -2.17. The Morgan fingerprint density at radius 2 is 1.44 bits per heavy atom. The summed E-state index contributed by atoms with van der Waals surface area (Å²) in [7, 11) is 3.37. The maximum atomic E-state index is 6.73. The standard InChI is InChI=1S/C36H47IO6/c1-35(22-23-37,42-26-30-12-16-32(39-4)17-13-30)20-18-33(41-25-29-10-14-31(38-3)15-11-29)34-19-21-36(2,43-34)27-40-24-28-8-6-5-7-9-28/h5-17,33-34H,18-27H2,1-4H3/t33-,34-,35+,36-/m1/s1. The molecule has 0 radical (unpaired) electrons. The number of ether oxygens (including phenoxy) is 6. The van der Waals surface area contributed by atoms with Gasteiger partial charge in [-0.3, -0.25) is 0 Å². The number of alkyl halides is 1. The minimum atomic E-state index is -0.336. The van der Waals surface area contributed by atoms with E-state index in [0.717, 1.165) is 59.2 Å². The van der Waals surface area contributed by atoms with E-state index in [9.17, 15) is 0 Å². The molecule has 4 rings (SSSR count). The van der Waals surface area contributed by atoms with Crippen molar-refractivity contribution in [2.75, 3.05) is 25.3 Å². The molecule has 0 spiro atoms. The number of halogens is 1. The molecule has 0 bridgehead atoms. The average molecular weight is 703 g/mol. The molecule has 234 valence electrons. The summed E-state index contributed by atoms with van der Waals surface area (Å²) >= 11 is 2.45. The third-order valence-electron chi connectivity index (χ3n) is 8.28. The predicted octanol–water partition coefficient (Wildman–Crippen LogP) is 8.32. The second-order valence-electron chi connectivity index (χ2n) is 11.9. The monoisotopic (exact) mass is 702 g/mol. The summed E-state index contributed by atoms with van der Waals surface area (Å²) in [5.41, 5.74) is 2.81. The Bertz CT molecular complexity index is 1200. The molecule has 0 saturated carbocycles. The molecule has 0 amide bonds. The fraction of sp³-hybridized carbons (Fsp3) is 0.500. The lowest BCUT2D eigenvalue weighted by atomic mass is 9.92. The predicted molar refractivity (Wildman–Crippen MR) is 179 cm³/mol. The van der Waals surface area contributed by atoms with E-state index in [2.05, 4.69) is 72.8 Å². The van der Waals surface area contributed by atoms with Crippen LogP contribution >= 0.6 is 22.6 Å². The number of rotatable bonds is 18. The number of hydrogen-bond acceptors (Lipinski definition) is 6. The zero-order valence-electron chi connectivity index (χ0n) is 26.1. The van der Waals surface area contributed by atoms with E-state index in [1.165, 1.54) is 5.56 Å². The van der Waals surface area contributed by atoms with Crippen LogP contribution in [0.5, 0.6) is 11.5 Å². The highest BCUT2D eigenvalue weighted by atomic mass is 127. The van der Waals surface area contributed by atoms with Crippen LogP contribution in [0.25, 0.3) is 0 Å². The number of hydrogen-bond donors (Lipinski definition) is 0. The third-order valence-corrected chi connectivity index (χ3v) is 8.82. The van der Waals surface area contributed by atoms with Crippen molar-refractivity contribution >= 4 is 22.6 Å². The Kier molecular flexibility index (Phi) is 13.2. The highest BCUT2D eigenvalue weighted by Crippen LogP contribution is 2.36. The van der Waals surface area contributed by atoms with E-state index in [-0.39, 0.29) is 23.4 Å². The summed E-state index contributed by atoms with van der Waals surface area (Å²) < 4.78 is 37.7. The minimum absolute atomic E-state index is 0.00554. The van der Waals surface area contributed by atoms with Gasteiger partial charge in [-0.1, -0.05) is 77.2 Å². The number of methoxy groups -OCH3 is 2. The van der Waals surface area contributed by atoms with Crippen LogP contribution < -0.4 is 9.47 Å². The van der Waals surface area contributed by atoms with Gasteiger partial charge in [0, 0.05) is 4.43 Å². The first-order valence-corrected chi connectivity index (χ1v) is 16.7. The smallest absolute Gasteiger partial charge is 0.118 e. The van der Waals surface area contributed by atoms with Crippen LogP contribution in [0.1, 0.15) is 62.6 Å². The molecule has 1 aliphatic heterocycles. The molecule has 0 unspecified atom stereocenters. The average Bonchev–Trinajstić information content (AvgIpc) is 3.42. The Morgan fingerprint density at radius 3 is 2.05 bits per heavy atom. The van der Waals surface area contributed by atoms with Gasteiger partial charge in [-0.25, -0.2) is 0 Å². The maximum Gasteiger partial charge on any atom is 0.118 e. The van der Waals surface area contributed by atoms with Crippen LogP contribution in [0, 0.1) is 0 Å². The van der Waals surface area contributed by atoms with Gasteiger partial charge >= 0.3 is 0 Å². The molecule has 3 aromatic carbocycles. The van der Waals surface area contributed by atoms with Crippen LogP contribution in [0.3, 0.4) is 0 Å². The van der Waals surface area contributed by atoms with Gasteiger partial charge < -0.3 is 28.4 Å². The quantitative estimate of drug-likeness (QED) is 0.0982. The molecule has 0 N–H and O–H groups in total. The Morgan fingerprint density at radius 1 is 0.837 bits per heavy atom. The molecular formula is C36H47IO6. The SMILES string of the molecule is COc1ccc(CO[C@H](CC[C@@](C)(CCI)OCc2ccc(OC)cc2)[C@H]2CC[C@](C)(COCc3ccccc3)O2)cc1. The van der Waals surface area contributed by atoms with Crippen molar-refractivity contribution in [3.8, 4) is 11.5 Å². The van der Waals surface area contributed by atoms with Gasteiger partial charge in [-0.2, -0.15) is 0 Å². The van der Waals surface area contributed by atoms with Gasteiger partial charge in [0.25, 0.3) is 0 Å². The Balaban J connectivity index is 1.39. The van der Waals surface area contributed by atoms with Gasteiger partial charge in [0.05, 0.1) is 64.1 Å². The van der Waals surface area contributed by atoms with Gasteiger partial charge in [0.15, 0.2) is 0 Å². The molecule has 1 fully saturated rings. The summed E-state index contributed by atoms with van der Waals surface area (Å²) in [6.07, 6.45) is 4.50. The second-order valence-corrected chi connectivity index (χ2v) is 13.0. The molecule has 0 aromatic heterocycles. The van der Waals surface area contributed by atoms with E-state index in [0.29, 0.717) is 26.4 Å². The van der Waals surface area contributed by atoms with Crippen molar-refractivity contribution in [3.05, 3.63) is 95.6 Å². The summed E-state index contributed by atoms with van der Waals surface area (Å²) in [6.45, 7) is 6.61. The summed E-state index contributed by atoms with van der Waals surface area (Å²) in [5, 5.41) is 0. The molecule has 7 heteroatoms. The molecule has 1 heterocycles. The fourth-order valence-corrected chi connectivity index (χ4v) is 6.60. The first kappa shape index (κ1) is 33.7. The van der Waals surface area contributed by atoms with Crippen LogP contribution in [-0.4, -0.2) is 48.7 Å². The topological polar surface area (TPSA) is 55.4 Å². The normalized spacial score (nSPS) is 20.4. The van der Waals surface area contributed by atoms with E-state index in [1.54, 1.807) is 14.2 Å². The van der Waals surface area contributed by atoms with E-state index < -0.39 is 0 Å². The van der Waals surface area contributed by atoms with Crippen LogP contribution in [-0.2, 0) is 38.8 Å². The molecule has 1 aliphatic rings. The first-order valence-electron chi connectivity index (χ1n) is 15.2. The van der Waals surface area contributed by atoms with Crippen molar-refractivity contribution in [2.24, 2.45) is 0 Å². The summed E-state index contributed by atoms with van der Waals surface area (Å²) in [6, 6.07) is 26.5. The zero-order chi connectivity index (χ0) is 30.5. The van der Waals surface area contributed by atoms with Crippen molar-refractivity contribution < 1.29 is 28.4 Å². The molecule has 3 aromatic rings. The van der Waals surface area contributed by atoms with E-state index >= 15 is 0 Å². The van der Waals surface area contributed by atoms with Crippen LogP contribution in [0.4, 0.5) is 0 Å². The first-order chi connectivity index (χ1) is 20.8. The zero-order valence-corrected chi connectivity index (χ0v) is 28.2. The number of benzene rings is 3. The lowest BCUT2D eigenvalue weighted by molar-refractivity contribution is -0.137. The highest BCUT2D eigenvalue weighted by molar-refractivity contribution is 14.1. The largest absolute Gasteiger partial charge is 0.497 e. The van der Waals surface area contributed by atoms with E-state index in [1.807, 2.05) is 42.5 Å². The highest BCUT2D eigenvalue weighted by Gasteiger charge is 2.41. The molecule has 1 saturated heterocycles. The third kappa shape index (κ3) is 10.7. The van der Waals surface area contributed by atoms with Crippen molar-refractivity contribution in [1.29, 1.82) is 0 Å². The van der Waals surface area contributed by atoms with Crippen molar-refractivity contribution in [1.82, 2.24) is 0 Å². The molecule has 0 aliphatic carbocycles.